The average Bonchev–Trinajstić information content (AvgIpc) is 2.59. The maximum atomic E-state index is 13.2. The Morgan fingerprint density at radius 1 is 1.12 bits per heavy atom. The minimum atomic E-state index is -3.82. The largest absolute Gasteiger partial charge is 0.496 e. The summed E-state index contributed by atoms with van der Waals surface area (Å²) >= 11 is 3.33. The van der Waals surface area contributed by atoms with Crippen LogP contribution in [0.2, 0.25) is 0 Å². The Kier molecular flexibility index (Phi) is 6.13. The van der Waals surface area contributed by atoms with E-state index in [1.165, 1.54) is 36.7 Å². The van der Waals surface area contributed by atoms with Gasteiger partial charge in [0.1, 0.15) is 11.5 Å². The molecule has 0 aliphatic carbocycles. The Morgan fingerprint density at radius 2 is 1.76 bits per heavy atom. The Balaban J connectivity index is 2.61. The summed E-state index contributed by atoms with van der Waals surface area (Å²) in [6.07, 6.45) is 1.54. The van der Waals surface area contributed by atoms with E-state index in [-0.39, 0.29) is 11.4 Å². The molecule has 0 aromatic heterocycles. The van der Waals surface area contributed by atoms with Gasteiger partial charge < -0.3 is 9.47 Å². The molecular weight excluding hydrogens is 406 g/mol. The molecule has 0 radical (unpaired) electrons. The zero-order chi connectivity index (χ0) is 18.6. The lowest BCUT2D eigenvalue weighted by Gasteiger charge is -2.25. The average molecular weight is 426 g/mol. The molecule has 2 rings (SSSR count). The molecule has 0 saturated heterocycles. The third kappa shape index (κ3) is 3.99. The van der Waals surface area contributed by atoms with Crippen molar-refractivity contribution >= 4 is 31.6 Å². The molecule has 7 heteroatoms. The molecule has 0 saturated carbocycles. The summed E-state index contributed by atoms with van der Waals surface area (Å²) in [5.74, 6) is 1.03. The highest BCUT2D eigenvalue weighted by Crippen LogP contribution is 2.35. The van der Waals surface area contributed by atoms with Crippen molar-refractivity contribution in [2.45, 2.75) is 11.8 Å². The minimum absolute atomic E-state index is 0.117. The van der Waals surface area contributed by atoms with E-state index >= 15 is 0 Å². The van der Waals surface area contributed by atoms with E-state index < -0.39 is 10.0 Å². The Bertz CT molecular complexity index is 881. The first-order valence-corrected chi connectivity index (χ1v) is 9.70. The number of ether oxygens (including phenoxy) is 2. The lowest BCUT2D eigenvalue weighted by atomic mass is 10.2. The number of rotatable bonds is 7. The van der Waals surface area contributed by atoms with Gasteiger partial charge in [-0.25, -0.2) is 8.42 Å². The molecule has 0 heterocycles. The van der Waals surface area contributed by atoms with Gasteiger partial charge in [-0.2, -0.15) is 0 Å². The van der Waals surface area contributed by atoms with Crippen LogP contribution in [0.15, 0.2) is 58.4 Å². The molecule has 0 N–H and O–H groups in total. The van der Waals surface area contributed by atoms with Gasteiger partial charge in [-0.3, -0.25) is 4.31 Å². The second kappa shape index (κ2) is 7.93. The number of methoxy groups -OCH3 is 2. The van der Waals surface area contributed by atoms with Crippen molar-refractivity contribution in [3.8, 4) is 11.5 Å². The summed E-state index contributed by atoms with van der Waals surface area (Å²) < 4.78 is 38.8. The van der Waals surface area contributed by atoms with Crippen LogP contribution in [0.3, 0.4) is 0 Å². The predicted octanol–water partition coefficient (Wildman–Crippen LogP) is 4.16. The van der Waals surface area contributed by atoms with Gasteiger partial charge in [0.15, 0.2) is 0 Å². The van der Waals surface area contributed by atoms with Gasteiger partial charge in [-0.05, 0) is 58.7 Å². The fourth-order valence-electron chi connectivity index (χ4n) is 2.37. The summed E-state index contributed by atoms with van der Waals surface area (Å²) in [4.78, 5) is 0.144. The van der Waals surface area contributed by atoms with E-state index in [0.29, 0.717) is 21.7 Å². The Morgan fingerprint density at radius 3 is 2.32 bits per heavy atom. The summed E-state index contributed by atoms with van der Waals surface area (Å²) in [6, 6.07) is 10.0. The molecule has 0 spiro atoms. The number of benzene rings is 2. The number of hydrogen-bond donors (Lipinski definition) is 0. The first-order valence-electron chi connectivity index (χ1n) is 7.47. The van der Waals surface area contributed by atoms with Crippen molar-refractivity contribution in [1.29, 1.82) is 0 Å². The molecule has 0 amide bonds. The normalized spacial score (nSPS) is 11.0. The summed E-state index contributed by atoms with van der Waals surface area (Å²) in [6.45, 7) is 5.69. The molecule has 0 atom stereocenters. The van der Waals surface area contributed by atoms with E-state index in [4.69, 9.17) is 9.47 Å². The van der Waals surface area contributed by atoms with Crippen LogP contribution in [-0.2, 0) is 10.0 Å². The van der Waals surface area contributed by atoms with Crippen molar-refractivity contribution in [3.05, 3.63) is 59.1 Å². The highest BCUT2D eigenvalue weighted by Gasteiger charge is 2.27. The molecule has 134 valence electrons. The number of hydrogen-bond acceptors (Lipinski definition) is 4. The first-order chi connectivity index (χ1) is 11.8. The van der Waals surface area contributed by atoms with E-state index in [1.807, 2.05) is 13.0 Å². The fraction of sp³-hybridized carbons (Fsp3) is 0.222. The van der Waals surface area contributed by atoms with Crippen LogP contribution in [0, 0.1) is 6.92 Å². The van der Waals surface area contributed by atoms with Crippen LogP contribution < -0.4 is 13.8 Å². The van der Waals surface area contributed by atoms with Gasteiger partial charge in [0, 0.05) is 0 Å². The summed E-state index contributed by atoms with van der Waals surface area (Å²) in [7, 11) is -0.782. The zero-order valence-corrected chi connectivity index (χ0v) is 16.7. The predicted molar refractivity (Wildman–Crippen MR) is 103 cm³/mol. The van der Waals surface area contributed by atoms with Gasteiger partial charge in [0.05, 0.1) is 35.8 Å². The van der Waals surface area contributed by atoms with E-state index in [9.17, 15) is 8.42 Å². The van der Waals surface area contributed by atoms with E-state index in [0.717, 1.165) is 5.56 Å². The molecule has 0 unspecified atom stereocenters. The van der Waals surface area contributed by atoms with Crippen molar-refractivity contribution in [2.75, 3.05) is 25.1 Å². The highest BCUT2D eigenvalue weighted by atomic mass is 79.9. The highest BCUT2D eigenvalue weighted by molar-refractivity contribution is 9.10. The minimum Gasteiger partial charge on any atom is -0.496 e. The molecule has 0 fully saturated rings. The number of aryl methyl sites for hydroxylation is 1. The van der Waals surface area contributed by atoms with Crippen molar-refractivity contribution < 1.29 is 17.9 Å². The van der Waals surface area contributed by atoms with Gasteiger partial charge in [0.25, 0.3) is 10.0 Å². The fourth-order valence-corrected chi connectivity index (χ4v) is 4.53. The monoisotopic (exact) mass is 425 g/mol. The van der Waals surface area contributed by atoms with Crippen LogP contribution in [0.25, 0.3) is 0 Å². The van der Waals surface area contributed by atoms with Crippen LogP contribution >= 0.6 is 15.9 Å². The van der Waals surface area contributed by atoms with Crippen molar-refractivity contribution in [2.24, 2.45) is 0 Å². The quantitative estimate of drug-likeness (QED) is 0.624. The van der Waals surface area contributed by atoms with Crippen LogP contribution in [0.4, 0.5) is 5.69 Å². The molecule has 2 aromatic carbocycles. The summed E-state index contributed by atoms with van der Waals surface area (Å²) in [5.41, 5.74) is 1.39. The maximum absolute atomic E-state index is 13.2. The van der Waals surface area contributed by atoms with Gasteiger partial charge in [-0.15, -0.1) is 6.58 Å². The number of halogens is 1. The molecule has 2 aromatic rings. The molecule has 25 heavy (non-hydrogen) atoms. The topological polar surface area (TPSA) is 55.8 Å². The molecule has 0 bridgehead atoms. The van der Waals surface area contributed by atoms with Gasteiger partial charge >= 0.3 is 0 Å². The molecular formula is C18H20BrNO4S. The zero-order valence-electron chi connectivity index (χ0n) is 14.3. The third-order valence-corrected chi connectivity index (χ3v) is 6.00. The van der Waals surface area contributed by atoms with Crippen molar-refractivity contribution in [3.63, 3.8) is 0 Å². The maximum Gasteiger partial charge on any atom is 0.264 e. The Hall–Kier alpha value is -1.99. The van der Waals surface area contributed by atoms with Crippen LogP contribution in [-0.4, -0.2) is 29.2 Å². The molecule has 0 aliphatic rings. The standard InChI is InChI=1S/C18H20BrNO4S/c1-5-10-20(16-11-13(2)6-8-18(16)24-4)25(21,22)14-7-9-17(23-3)15(19)12-14/h5-9,11-12H,1,10H2,2-4H3. The van der Waals surface area contributed by atoms with Gasteiger partial charge in [0.2, 0.25) is 0 Å². The lowest BCUT2D eigenvalue weighted by Crippen LogP contribution is -2.31. The second-order valence-electron chi connectivity index (χ2n) is 5.30. The number of anilines is 1. The van der Waals surface area contributed by atoms with Crippen molar-refractivity contribution in [1.82, 2.24) is 0 Å². The third-order valence-electron chi connectivity index (χ3n) is 3.61. The van der Waals surface area contributed by atoms with Crippen LogP contribution in [0.1, 0.15) is 5.56 Å². The molecule has 0 aliphatic heterocycles. The first kappa shape index (κ1) is 19.3. The second-order valence-corrected chi connectivity index (χ2v) is 8.01. The summed E-state index contributed by atoms with van der Waals surface area (Å²) in [5, 5.41) is 0. The lowest BCUT2D eigenvalue weighted by molar-refractivity contribution is 0.411. The molecule has 5 nitrogen and oxygen atoms in total. The van der Waals surface area contributed by atoms with Crippen LogP contribution in [0.5, 0.6) is 11.5 Å². The van der Waals surface area contributed by atoms with E-state index in [2.05, 4.69) is 22.5 Å². The van der Waals surface area contributed by atoms with E-state index in [1.54, 1.807) is 18.2 Å². The number of sulfonamides is 1. The van der Waals surface area contributed by atoms with Gasteiger partial charge in [-0.1, -0.05) is 12.1 Å². The number of nitrogens with zero attached hydrogens (tertiary/aromatic N) is 1. The SMILES string of the molecule is C=CCN(c1cc(C)ccc1OC)S(=O)(=O)c1ccc(OC)c(Br)c1. The Labute approximate surface area is 157 Å². The smallest absolute Gasteiger partial charge is 0.264 e.